The minimum atomic E-state index is -0.106. The van der Waals surface area contributed by atoms with Crippen LogP contribution >= 0.6 is 0 Å². The van der Waals surface area contributed by atoms with Gasteiger partial charge < -0.3 is 4.42 Å². The van der Waals surface area contributed by atoms with Crippen LogP contribution in [0.15, 0.2) is 47.1 Å². The van der Waals surface area contributed by atoms with Gasteiger partial charge in [-0.25, -0.2) is 5.48 Å². The third-order valence-corrected chi connectivity index (χ3v) is 4.56. The van der Waals surface area contributed by atoms with Gasteiger partial charge in [0.1, 0.15) is 5.76 Å². The highest BCUT2D eigenvalue weighted by Crippen LogP contribution is 2.20. The summed E-state index contributed by atoms with van der Waals surface area (Å²) in [6, 6.07) is 12.2. The van der Waals surface area contributed by atoms with E-state index in [-0.39, 0.29) is 11.9 Å². The van der Waals surface area contributed by atoms with Crippen molar-refractivity contribution < 1.29 is 14.0 Å². The summed E-state index contributed by atoms with van der Waals surface area (Å²) in [5, 5.41) is 0. The summed E-state index contributed by atoms with van der Waals surface area (Å²) in [6.07, 6.45) is 5.22. The van der Waals surface area contributed by atoms with Crippen LogP contribution in [0.5, 0.6) is 0 Å². The molecular formula is C20H26N2O3. The van der Waals surface area contributed by atoms with E-state index in [2.05, 4.69) is 41.6 Å². The van der Waals surface area contributed by atoms with Gasteiger partial charge in [0.2, 0.25) is 0 Å². The minimum absolute atomic E-state index is 0.0387. The molecular weight excluding hydrogens is 316 g/mol. The average Bonchev–Trinajstić information content (AvgIpc) is 3.26. The topological polar surface area (TPSA) is 54.7 Å². The van der Waals surface area contributed by atoms with Crippen molar-refractivity contribution in [3.05, 3.63) is 59.5 Å². The number of nitrogens with zero attached hydrogens (tertiary/aromatic N) is 1. The standard InChI is InChI=1S/C20H26N2O3/c1-16-6-2-7-17(14-16)15-22-11-3-10-19(22)20(23)21-25-13-5-9-18-8-4-12-24-18/h2,4,6-8,12,14,19H,3,5,9-11,13,15H2,1H3,(H,21,23). The van der Waals surface area contributed by atoms with E-state index in [0.717, 1.165) is 44.5 Å². The molecule has 25 heavy (non-hydrogen) atoms. The van der Waals surface area contributed by atoms with Crippen LogP contribution in [0.3, 0.4) is 0 Å². The lowest BCUT2D eigenvalue weighted by Gasteiger charge is -2.23. The molecule has 1 N–H and O–H groups in total. The van der Waals surface area contributed by atoms with Gasteiger partial charge in [0.25, 0.3) is 5.91 Å². The number of amides is 1. The van der Waals surface area contributed by atoms with Crippen LogP contribution in [0.4, 0.5) is 0 Å². The maximum Gasteiger partial charge on any atom is 0.260 e. The summed E-state index contributed by atoms with van der Waals surface area (Å²) < 4.78 is 5.27. The van der Waals surface area contributed by atoms with Gasteiger partial charge >= 0.3 is 0 Å². The molecule has 0 bridgehead atoms. The van der Waals surface area contributed by atoms with Crippen LogP contribution in [-0.2, 0) is 22.6 Å². The highest BCUT2D eigenvalue weighted by molar-refractivity contribution is 5.81. The zero-order valence-electron chi connectivity index (χ0n) is 14.7. The molecule has 5 nitrogen and oxygen atoms in total. The molecule has 2 aromatic rings. The van der Waals surface area contributed by atoms with Gasteiger partial charge in [-0.05, 0) is 50.4 Å². The highest BCUT2D eigenvalue weighted by Gasteiger charge is 2.30. The molecule has 3 rings (SSSR count). The fourth-order valence-electron chi connectivity index (χ4n) is 3.32. The summed E-state index contributed by atoms with van der Waals surface area (Å²) in [5.41, 5.74) is 5.12. The van der Waals surface area contributed by atoms with Crippen molar-refractivity contribution in [1.29, 1.82) is 0 Å². The number of carbonyl (C=O) groups excluding carboxylic acids is 1. The lowest BCUT2D eigenvalue weighted by atomic mass is 10.1. The Kier molecular flexibility index (Phi) is 6.25. The van der Waals surface area contributed by atoms with E-state index in [1.54, 1.807) is 6.26 Å². The molecule has 0 saturated carbocycles. The number of rotatable bonds is 8. The van der Waals surface area contributed by atoms with Gasteiger partial charge in [0.05, 0.1) is 18.9 Å². The van der Waals surface area contributed by atoms with E-state index in [1.807, 2.05) is 12.1 Å². The Balaban J connectivity index is 1.41. The second-order valence-electron chi connectivity index (χ2n) is 6.62. The van der Waals surface area contributed by atoms with Crippen molar-refractivity contribution in [2.45, 2.75) is 45.2 Å². The molecule has 1 aliphatic heterocycles. The smallest absolute Gasteiger partial charge is 0.260 e. The third-order valence-electron chi connectivity index (χ3n) is 4.56. The predicted octanol–water partition coefficient (Wildman–Crippen LogP) is 3.23. The normalized spacial score (nSPS) is 17.7. The molecule has 1 atom stereocenters. The Morgan fingerprint density at radius 1 is 1.36 bits per heavy atom. The SMILES string of the molecule is Cc1cccc(CN2CCCC2C(=O)NOCCCc2ccco2)c1. The number of likely N-dealkylation sites (tertiary alicyclic amines) is 1. The van der Waals surface area contributed by atoms with Crippen molar-refractivity contribution in [3.63, 3.8) is 0 Å². The Bertz CT molecular complexity index is 669. The van der Waals surface area contributed by atoms with Crippen molar-refractivity contribution in [2.24, 2.45) is 0 Å². The van der Waals surface area contributed by atoms with E-state index in [4.69, 9.17) is 9.25 Å². The maximum absolute atomic E-state index is 12.4. The summed E-state index contributed by atoms with van der Waals surface area (Å²) in [5.74, 6) is 0.901. The Hall–Kier alpha value is -2.11. The molecule has 1 aromatic heterocycles. The molecule has 1 unspecified atom stereocenters. The second kappa shape index (κ2) is 8.83. The molecule has 134 valence electrons. The highest BCUT2D eigenvalue weighted by atomic mass is 16.6. The molecule has 1 amide bonds. The molecule has 1 saturated heterocycles. The van der Waals surface area contributed by atoms with Crippen LogP contribution in [-0.4, -0.2) is 30.0 Å². The van der Waals surface area contributed by atoms with Crippen LogP contribution in [0, 0.1) is 6.92 Å². The fourth-order valence-corrected chi connectivity index (χ4v) is 3.32. The van der Waals surface area contributed by atoms with E-state index in [1.165, 1.54) is 11.1 Å². The first-order valence-corrected chi connectivity index (χ1v) is 8.96. The average molecular weight is 342 g/mol. The Labute approximate surface area is 148 Å². The van der Waals surface area contributed by atoms with Gasteiger partial charge in [0, 0.05) is 13.0 Å². The van der Waals surface area contributed by atoms with Crippen LogP contribution in [0.25, 0.3) is 0 Å². The monoisotopic (exact) mass is 342 g/mol. The molecule has 2 heterocycles. The number of benzene rings is 1. The number of hydrogen-bond acceptors (Lipinski definition) is 4. The molecule has 0 radical (unpaired) electrons. The third kappa shape index (κ3) is 5.18. The first-order chi connectivity index (χ1) is 12.2. The molecule has 0 aliphatic carbocycles. The maximum atomic E-state index is 12.4. The van der Waals surface area contributed by atoms with Gasteiger partial charge in [-0.2, -0.15) is 0 Å². The summed E-state index contributed by atoms with van der Waals surface area (Å²) in [6.45, 7) is 4.33. The van der Waals surface area contributed by atoms with Crippen molar-refractivity contribution >= 4 is 5.91 Å². The Morgan fingerprint density at radius 2 is 2.28 bits per heavy atom. The molecule has 1 aromatic carbocycles. The second-order valence-corrected chi connectivity index (χ2v) is 6.62. The summed E-state index contributed by atoms with van der Waals surface area (Å²) in [7, 11) is 0. The number of furan rings is 1. The van der Waals surface area contributed by atoms with Crippen LogP contribution in [0.2, 0.25) is 0 Å². The van der Waals surface area contributed by atoms with E-state index < -0.39 is 0 Å². The quantitative estimate of drug-likeness (QED) is 0.591. The van der Waals surface area contributed by atoms with Crippen molar-refractivity contribution in [2.75, 3.05) is 13.2 Å². The molecule has 0 spiro atoms. The molecule has 5 heteroatoms. The molecule has 1 fully saturated rings. The number of nitrogens with one attached hydrogen (secondary N) is 1. The lowest BCUT2D eigenvalue weighted by molar-refractivity contribution is -0.138. The first-order valence-electron chi connectivity index (χ1n) is 8.96. The first kappa shape index (κ1) is 17.7. The minimum Gasteiger partial charge on any atom is -0.469 e. The van der Waals surface area contributed by atoms with E-state index in [0.29, 0.717) is 6.61 Å². The summed E-state index contributed by atoms with van der Waals surface area (Å²) in [4.78, 5) is 20.0. The largest absolute Gasteiger partial charge is 0.469 e. The predicted molar refractivity (Wildman–Crippen MR) is 95.7 cm³/mol. The zero-order valence-corrected chi connectivity index (χ0v) is 14.7. The number of carbonyl (C=O) groups is 1. The van der Waals surface area contributed by atoms with Gasteiger partial charge in [-0.3, -0.25) is 14.5 Å². The van der Waals surface area contributed by atoms with Gasteiger partial charge in [0.15, 0.2) is 0 Å². The number of hydrogen-bond donors (Lipinski definition) is 1. The van der Waals surface area contributed by atoms with Crippen LogP contribution in [0.1, 0.15) is 36.1 Å². The van der Waals surface area contributed by atoms with Crippen molar-refractivity contribution in [3.8, 4) is 0 Å². The fraction of sp³-hybridized carbons (Fsp3) is 0.450. The summed E-state index contributed by atoms with van der Waals surface area (Å²) >= 11 is 0. The van der Waals surface area contributed by atoms with E-state index in [9.17, 15) is 4.79 Å². The zero-order chi connectivity index (χ0) is 17.5. The Morgan fingerprint density at radius 3 is 3.08 bits per heavy atom. The van der Waals surface area contributed by atoms with Crippen LogP contribution < -0.4 is 5.48 Å². The number of hydroxylamine groups is 1. The van der Waals surface area contributed by atoms with Crippen molar-refractivity contribution in [1.82, 2.24) is 10.4 Å². The lowest BCUT2D eigenvalue weighted by Crippen LogP contribution is -2.43. The number of aryl methyl sites for hydroxylation is 2. The van der Waals surface area contributed by atoms with Gasteiger partial charge in [-0.15, -0.1) is 0 Å². The van der Waals surface area contributed by atoms with E-state index >= 15 is 0 Å². The molecule has 1 aliphatic rings. The van der Waals surface area contributed by atoms with Gasteiger partial charge in [-0.1, -0.05) is 29.8 Å².